The van der Waals surface area contributed by atoms with Crippen molar-refractivity contribution in [2.24, 2.45) is 0 Å². The van der Waals surface area contributed by atoms with Crippen LogP contribution in [0.25, 0.3) is 0 Å². The summed E-state index contributed by atoms with van der Waals surface area (Å²) in [5.41, 5.74) is 2.51. The number of likely N-dealkylation sites (N-methyl/N-ethyl adjacent to an activating group) is 1. The molecule has 1 saturated heterocycles. The van der Waals surface area contributed by atoms with Crippen LogP contribution in [0.3, 0.4) is 0 Å². The van der Waals surface area contributed by atoms with Gasteiger partial charge in [-0.15, -0.1) is 0 Å². The standard InChI is InChI=1S/C25H29ClN4O3/c1-3-5-10-30-24(32)19-8-6-17(15-20(19)25(30)33)23(31)27-21-16-18(26)7-9-22(21)29-13-11-28(4-2)12-14-29/h6-9,15-16H,3-5,10-14H2,1-2H3,(H,27,31). The molecular weight excluding hydrogens is 440 g/mol. The number of halogens is 1. The zero-order chi connectivity index (χ0) is 23.5. The van der Waals surface area contributed by atoms with Gasteiger partial charge in [-0.1, -0.05) is 31.9 Å². The van der Waals surface area contributed by atoms with Crippen LogP contribution in [0, 0.1) is 0 Å². The Labute approximate surface area is 199 Å². The molecule has 1 fully saturated rings. The van der Waals surface area contributed by atoms with Gasteiger partial charge in [0, 0.05) is 43.3 Å². The summed E-state index contributed by atoms with van der Waals surface area (Å²) in [6, 6.07) is 10.2. The van der Waals surface area contributed by atoms with Gasteiger partial charge in [-0.3, -0.25) is 19.3 Å². The highest BCUT2D eigenvalue weighted by atomic mass is 35.5. The molecule has 2 aromatic rings. The molecule has 0 atom stereocenters. The van der Waals surface area contributed by atoms with Gasteiger partial charge in [-0.25, -0.2) is 0 Å². The molecule has 33 heavy (non-hydrogen) atoms. The van der Waals surface area contributed by atoms with E-state index in [9.17, 15) is 14.4 Å². The molecule has 8 heteroatoms. The molecule has 2 heterocycles. The lowest BCUT2D eigenvalue weighted by Crippen LogP contribution is -2.46. The molecule has 2 aromatic carbocycles. The predicted molar refractivity (Wildman–Crippen MR) is 130 cm³/mol. The third kappa shape index (κ3) is 4.75. The second-order valence-corrected chi connectivity index (χ2v) is 8.85. The van der Waals surface area contributed by atoms with Gasteiger partial charge in [0.2, 0.25) is 0 Å². The molecule has 2 aliphatic heterocycles. The van der Waals surface area contributed by atoms with E-state index in [1.54, 1.807) is 18.2 Å². The first-order chi connectivity index (χ1) is 15.9. The summed E-state index contributed by atoms with van der Waals surface area (Å²) in [5, 5.41) is 3.49. The van der Waals surface area contributed by atoms with E-state index in [0.29, 0.717) is 28.4 Å². The maximum atomic E-state index is 13.1. The molecule has 0 unspecified atom stereocenters. The van der Waals surface area contributed by atoms with E-state index in [2.05, 4.69) is 22.0 Å². The number of fused-ring (bicyclic) bond motifs is 1. The van der Waals surface area contributed by atoms with Crippen molar-refractivity contribution in [3.05, 3.63) is 58.1 Å². The summed E-state index contributed by atoms with van der Waals surface area (Å²) in [5.74, 6) is -0.977. The third-order valence-electron chi connectivity index (χ3n) is 6.34. The molecular formula is C25H29ClN4O3. The Morgan fingerprint density at radius 3 is 2.39 bits per heavy atom. The van der Waals surface area contributed by atoms with Crippen molar-refractivity contribution in [1.82, 2.24) is 9.80 Å². The van der Waals surface area contributed by atoms with Crippen LogP contribution in [0.2, 0.25) is 5.02 Å². The van der Waals surface area contributed by atoms with E-state index in [0.717, 1.165) is 51.3 Å². The van der Waals surface area contributed by atoms with Crippen LogP contribution in [0.5, 0.6) is 0 Å². The Kier molecular flexibility index (Phi) is 7.00. The van der Waals surface area contributed by atoms with Crippen LogP contribution >= 0.6 is 11.6 Å². The molecule has 0 saturated carbocycles. The van der Waals surface area contributed by atoms with Crippen molar-refractivity contribution < 1.29 is 14.4 Å². The molecule has 0 aromatic heterocycles. The lowest BCUT2D eigenvalue weighted by atomic mass is 10.1. The minimum Gasteiger partial charge on any atom is -0.367 e. The Bertz CT molecular complexity index is 1080. The number of nitrogens with zero attached hydrogens (tertiary/aromatic N) is 3. The fraction of sp³-hybridized carbons (Fsp3) is 0.400. The zero-order valence-corrected chi connectivity index (χ0v) is 19.8. The molecule has 1 N–H and O–H groups in total. The molecule has 7 nitrogen and oxygen atoms in total. The lowest BCUT2D eigenvalue weighted by molar-refractivity contribution is 0.0652. The molecule has 0 aliphatic carbocycles. The molecule has 0 spiro atoms. The quantitative estimate of drug-likeness (QED) is 0.618. The van der Waals surface area contributed by atoms with Crippen LogP contribution in [0.4, 0.5) is 11.4 Å². The average Bonchev–Trinajstić information content (AvgIpc) is 3.07. The lowest BCUT2D eigenvalue weighted by Gasteiger charge is -2.36. The SMILES string of the molecule is CCCCN1C(=O)c2ccc(C(=O)Nc3cc(Cl)ccc3N3CCN(CC)CC3)cc2C1=O. The fourth-order valence-corrected chi connectivity index (χ4v) is 4.51. The number of rotatable bonds is 7. The minimum atomic E-state index is -0.347. The maximum Gasteiger partial charge on any atom is 0.261 e. The summed E-state index contributed by atoms with van der Waals surface area (Å²) in [6.45, 7) is 9.22. The average molecular weight is 469 g/mol. The van der Waals surface area contributed by atoms with Crippen molar-refractivity contribution in [3.8, 4) is 0 Å². The number of imide groups is 1. The number of hydrogen-bond donors (Lipinski definition) is 1. The largest absolute Gasteiger partial charge is 0.367 e. The number of unbranched alkanes of at least 4 members (excludes halogenated alkanes) is 1. The second kappa shape index (κ2) is 9.93. The van der Waals surface area contributed by atoms with Crippen LogP contribution in [0.15, 0.2) is 36.4 Å². The van der Waals surface area contributed by atoms with E-state index in [4.69, 9.17) is 11.6 Å². The van der Waals surface area contributed by atoms with Crippen molar-refractivity contribution in [1.29, 1.82) is 0 Å². The second-order valence-electron chi connectivity index (χ2n) is 8.41. The Hall–Kier alpha value is -2.90. The zero-order valence-electron chi connectivity index (χ0n) is 19.1. The normalized spacial score (nSPS) is 16.3. The number of piperazine rings is 1. The van der Waals surface area contributed by atoms with Crippen LogP contribution in [-0.2, 0) is 0 Å². The predicted octanol–water partition coefficient (Wildman–Crippen LogP) is 4.13. The van der Waals surface area contributed by atoms with Gasteiger partial charge in [-0.2, -0.15) is 0 Å². The number of benzene rings is 2. The first kappa shape index (κ1) is 23.3. The summed E-state index contributed by atoms with van der Waals surface area (Å²) in [4.78, 5) is 44.3. The topological polar surface area (TPSA) is 73.0 Å². The van der Waals surface area contributed by atoms with Crippen LogP contribution in [0.1, 0.15) is 57.8 Å². The summed E-state index contributed by atoms with van der Waals surface area (Å²) in [7, 11) is 0. The van der Waals surface area contributed by atoms with E-state index >= 15 is 0 Å². The number of nitrogens with one attached hydrogen (secondary N) is 1. The van der Waals surface area contributed by atoms with E-state index in [1.165, 1.54) is 11.0 Å². The first-order valence-electron chi connectivity index (χ1n) is 11.5. The first-order valence-corrected chi connectivity index (χ1v) is 11.9. The van der Waals surface area contributed by atoms with Gasteiger partial charge in [0.25, 0.3) is 17.7 Å². The van der Waals surface area contributed by atoms with Gasteiger partial charge >= 0.3 is 0 Å². The maximum absolute atomic E-state index is 13.1. The van der Waals surface area contributed by atoms with E-state index in [-0.39, 0.29) is 23.3 Å². The molecule has 174 valence electrons. The highest BCUT2D eigenvalue weighted by molar-refractivity contribution is 6.31. The molecule has 3 amide bonds. The number of anilines is 2. The molecule has 0 radical (unpaired) electrons. The van der Waals surface area contributed by atoms with Crippen molar-refractivity contribution >= 4 is 40.7 Å². The van der Waals surface area contributed by atoms with Gasteiger partial charge in [-0.05, 0) is 49.4 Å². The molecule has 2 aliphatic rings. The van der Waals surface area contributed by atoms with Crippen molar-refractivity contribution in [2.75, 3.05) is 49.5 Å². The monoisotopic (exact) mass is 468 g/mol. The number of hydrogen-bond acceptors (Lipinski definition) is 5. The summed E-state index contributed by atoms with van der Waals surface area (Å²) < 4.78 is 0. The van der Waals surface area contributed by atoms with Crippen LogP contribution < -0.4 is 10.2 Å². The Morgan fingerprint density at radius 2 is 1.70 bits per heavy atom. The number of carbonyl (C=O) groups excluding carboxylic acids is 3. The fourth-order valence-electron chi connectivity index (χ4n) is 4.33. The number of amides is 3. The smallest absolute Gasteiger partial charge is 0.261 e. The van der Waals surface area contributed by atoms with Gasteiger partial charge < -0.3 is 15.1 Å². The van der Waals surface area contributed by atoms with Gasteiger partial charge in [0.05, 0.1) is 22.5 Å². The minimum absolute atomic E-state index is 0.283. The Balaban J connectivity index is 1.54. The highest BCUT2D eigenvalue weighted by Gasteiger charge is 2.35. The highest BCUT2D eigenvalue weighted by Crippen LogP contribution is 2.31. The number of carbonyl (C=O) groups is 3. The molecule has 4 rings (SSSR count). The van der Waals surface area contributed by atoms with Crippen molar-refractivity contribution in [2.45, 2.75) is 26.7 Å². The summed E-state index contributed by atoms with van der Waals surface area (Å²) >= 11 is 6.23. The summed E-state index contributed by atoms with van der Waals surface area (Å²) in [6.07, 6.45) is 1.64. The molecule has 0 bridgehead atoms. The van der Waals surface area contributed by atoms with Crippen molar-refractivity contribution in [3.63, 3.8) is 0 Å². The van der Waals surface area contributed by atoms with E-state index in [1.807, 2.05) is 19.1 Å². The van der Waals surface area contributed by atoms with Crippen LogP contribution in [-0.4, -0.2) is 66.8 Å². The third-order valence-corrected chi connectivity index (χ3v) is 6.57. The van der Waals surface area contributed by atoms with E-state index < -0.39 is 0 Å². The van der Waals surface area contributed by atoms with Gasteiger partial charge in [0.15, 0.2) is 0 Å². The Morgan fingerprint density at radius 1 is 0.970 bits per heavy atom. The van der Waals surface area contributed by atoms with Gasteiger partial charge in [0.1, 0.15) is 0 Å².